The molecule has 1 aromatic rings. The van der Waals surface area contributed by atoms with Crippen LogP contribution in [-0.4, -0.2) is 19.2 Å². The second-order valence-electron chi connectivity index (χ2n) is 5.24. The molecule has 0 aromatic heterocycles. The number of ether oxygens (including phenoxy) is 1. The van der Waals surface area contributed by atoms with Crippen LogP contribution in [-0.2, 0) is 6.42 Å². The first-order valence-electron chi connectivity index (χ1n) is 6.45. The Morgan fingerprint density at radius 2 is 1.89 bits per heavy atom. The third kappa shape index (κ3) is 3.63. The van der Waals surface area contributed by atoms with E-state index in [-0.39, 0.29) is 0 Å². The number of hydrogen-bond acceptors (Lipinski definition) is 2. The molecular weight excluding hydrogens is 246 g/mol. The molecule has 0 spiro atoms. The van der Waals surface area contributed by atoms with Crippen LogP contribution in [0.5, 0.6) is 5.75 Å². The molecule has 1 aromatic carbocycles. The number of nitrogens with one attached hydrogen (secondary N) is 1. The second kappa shape index (κ2) is 6.44. The smallest absolute Gasteiger partial charge is 0.122 e. The van der Waals surface area contributed by atoms with Gasteiger partial charge in [0.15, 0.2) is 0 Å². The third-order valence-corrected chi connectivity index (χ3v) is 3.70. The number of halogens is 1. The molecule has 2 nitrogen and oxygen atoms in total. The van der Waals surface area contributed by atoms with Crippen molar-refractivity contribution in [3.63, 3.8) is 0 Å². The van der Waals surface area contributed by atoms with Crippen LogP contribution in [0.2, 0.25) is 5.02 Å². The van der Waals surface area contributed by atoms with Gasteiger partial charge in [0.2, 0.25) is 0 Å². The lowest BCUT2D eigenvalue weighted by molar-refractivity contribution is 0.403. The summed E-state index contributed by atoms with van der Waals surface area (Å²) in [6.45, 7) is 10.6. The second-order valence-corrected chi connectivity index (χ2v) is 5.62. The third-order valence-electron chi connectivity index (χ3n) is 3.12. The molecule has 102 valence electrons. The van der Waals surface area contributed by atoms with Crippen LogP contribution < -0.4 is 10.1 Å². The van der Waals surface area contributed by atoms with Gasteiger partial charge in [-0.15, -0.1) is 0 Å². The van der Waals surface area contributed by atoms with Gasteiger partial charge < -0.3 is 10.1 Å². The quantitative estimate of drug-likeness (QED) is 0.876. The number of methoxy groups -OCH3 is 1. The predicted octanol–water partition coefficient (Wildman–Crippen LogP) is 3.89. The van der Waals surface area contributed by atoms with Crippen LogP contribution >= 0.6 is 11.6 Å². The van der Waals surface area contributed by atoms with Gasteiger partial charge in [-0.25, -0.2) is 0 Å². The molecule has 0 heterocycles. The normalized spacial score (nSPS) is 12.9. The lowest BCUT2D eigenvalue weighted by atomic mass is 9.98. The van der Waals surface area contributed by atoms with Crippen molar-refractivity contribution >= 4 is 11.6 Å². The zero-order valence-electron chi connectivity index (χ0n) is 12.2. The molecule has 1 unspecified atom stereocenters. The van der Waals surface area contributed by atoms with Gasteiger partial charge >= 0.3 is 0 Å². The first-order chi connectivity index (χ1) is 8.36. The average Bonchev–Trinajstić information content (AvgIpc) is 2.28. The van der Waals surface area contributed by atoms with Gasteiger partial charge in [-0.1, -0.05) is 25.4 Å². The van der Waals surface area contributed by atoms with Gasteiger partial charge in [-0.3, -0.25) is 0 Å². The Morgan fingerprint density at radius 1 is 1.28 bits per heavy atom. The molecule has 0 aliphatic heterocycles. The molecule has 3 heteroatoms. The highest BCUT2D eigenvalue weighted by Gasteiger charge is 2.15. The molecule has 0 fully saturated rings. The average molecular weight is 270 g/mol. The largest absolute Gasteiger partial charge is 0.496 e. The van der Waals surface area contributed by atoms with Gasteiger partial charge in [-0.2, -0.15) is 0 Å². The van der Waals surface area contributed by atoms with Crippen molar-refractivity contribution in [2.24, 2.45) is 0 Å². The topological polar surface area (TPSA) is 21.3 Å². The van der Waals surface area contributed by atoms with E-state index in [0.717, 1.165) is 28.3 Å². The molecule has 1 N–H and O–H groups in total. The zero-order valence-corrected chi connectivity index (χ0v) is 13.0. The Hall–Kier alpha value is -0.730. The van der Waals surface area contributed by atoms with E-state index in [1.54, 1.807) is 7.11 Å². The zero-order chi connectivity index (χ0) is 13.9. The summed E-state index contributed by atoms with van der Waals surface area (Å²) in [6, 6.07) is 2.90. The summed E-state index contributed by atoms with van der Waals surface area (Å²) < 4.78 is 5.48. The SMILES string of the molecule is COc1cc(C)c(Cl)c(C)c1CC(C)NC(C)C. The maximum absolute atomic E-state index is 6.32. The first-order valence-corrected chi connectivity index (χ1v) is 6.83. The van der Waals surface area contributed by atoms with Gasteiger partial charge in [0.05, 0.1) is 7.11 Å². The van der Waals surface area contributed by atoms with E-state index in [0.29, 0.717) is 12.1 Å². The highest BCUT2D eigenvalue weighted by Crippen LogP contribution is 2.32. The molecule has 0 aliphatic carbocycles. The van der Waals surface area contributed by atoms with Crippen LogP contribution in [0, 0.1) is 13.8 Å². The minimum Gasteiger partial charge on any atom is -0.496 e. The van der Waals surface area contributed by atoms with Gasteiger partial charge in [0.1, 0.15) is 5.75 Å². The van der Waals surface area contributed by atoms with Crippen LogP contribution in [0.4, 0.5) is 0 Å². The van der Waals surface area contributed by atoms with Crippen molar-refractivity contribution in [1.29, 1.82) is 0 Å². The molecule has 0 bridgehead atoms. The number of rotatable bonds is 5. The maximum Gasteiger partial charge on any atom is 0.122 e. The van der Waals surface area contributed by atoms with Crippen molar-refractivity contribution in [2.75, 3.05) is 7.11 Å². The Bertz CT molecular complexity index is 415. The summed E-state index contributed by atoms with van der Waals surface area (Å²) in [4.78, 5) is 0. The standard InChI is InChI=1S/C15H24ClNO/c1-9(2)17-11(4)8-13-12(5)15(16)10(3)7-14(13)18-6/h7,9,11,17H,8H2,1-6H3. The van der Waals surface area contributed by atoms with Crippen LogP contribution in [0.3, 0.4) is 0 Å². The molecule has 1 rings (SSSR count). The van der Waals surface area contributed by atoms with Crippen LogP contribution in [0.25, 0.3) is 0 Å². The molecule has 0 radical (unpaired) electrons. The highest BCUT2D eigenvalue weighted by atomic mass is 35.5. The Labute approximate surface area is 116 Å². The van der Waals surface area contributed by atoms with Crippen LogP contribution in [0.15, 0.2) is 6.07 Å². The summed E-state index contributed by atoms with van der Waals surface area (Å²) >= 11 is 6.32. The molecular formula is C15H24ClNO. The van der Waals surface area contributed by atoms with E-state index < -0.39 is 0 Å². The summed E-state index contributed by atoms with van der Waals surface area (Å²) in [5.74, 6) is 0.937. The summed E-state index contributed by atoms with van der Waals surface area (Å²) in [5.41, 5.74) is 3.40. The van der Waals surface area contributed by atoms with E-state index in [4.69, 9.17) is 16.3 Å². The van der Waals surface area contributed by atoms with Crippen molar-refractivity contribution in [3.05, 3.63) is 27.8 Å². The maximum atomic E-state index is 6.32. The Kier molecular flexibility index (Phi) is 5.48. The Morgan fingerprint density at radius 3 is 2.39 bits per heavy atom. The molecule has 0 saturated carbocycles. The predicted molar refractivity (Wildman–Crippen MR) is 78.9 cm³/mol. The van der Waals surface area contributed by atoms with E-state index >= 15 is 0 Å². The summed E-state index contributed by atoms with van der Waals surface area (Å²) in [7, 11) is 1.71. The van der Waals surface area contributed by atoms with Gasteiger partial charge in [0, 0.05) is 22.7 Å². The fourth-order valence-electron chi connectivity index (χ4n) is 2.33. The fourth-order valence-corrected chi connectivity index (χ4v) is 2.50. The lowest BCUT2D eigenvalue weighted by Gasteiger charge is -2.21. The summed E-state index contributed by atoms with van der Waals surface area (Å²) in [5, 5.41) is 4.35. The van der Waals surface area contributed by atoms with E-state index in [9.17, 15) is 0 Å². The lowest BCUT2D eigenvalue weighted by Crippen LogP contribution is -2.34. The van der Waals surface area contributed by atoms with E-state index in [2.05, 4.69) is 33.0 Å². The minimum absolute atomic E-state index is 0.399. The number of aryl methyl sites for hydroxylation is 1. The molecule has 1 atom stereocenters. The molecule has 0 aliphatic rings. The van der Waals surface area contributed by atoms with Crippen LogP contribution in [0.1, 0.15) is 37.5 Å². The summed E-state index contributed by atoms with van der Waals surface area (Å²) in [6.07, 6.45) is 0.924. The van der Waals surface area contributed by atoms with Crippen molar-refractivity contribution in [3.8, 4) is 5.75 Å². The molecule has 18 heavy (non-hydrogen) atoms. The Balaban J connectivity index is 3.03. The van der Waals surface area contributed by atoms with Crippen molar-refractivity contribution in [2.45, 2.75) is 53.1 Å². The van der Waals surface area contributed by atoms with Gasteiger partial charge in [-0.05, 0) is 44.4 Å². The van der Waals surface area contributed by atoms with E-state index in [1.807, 2.05) is 13.0 Å². The molecule has 0 saturated heterocycles. The minimum atomic E-state index is 0.399. The van der Waals surface area contributed by atoms with Crippen molar-refractivity contribution < 1.29 is 4.74 Å². The monoisotopic (exact) mass is 269 g/mol. The first kappa shape index (κ1) is 15.3. The number of hydrogen-bond donors (Lipinski definition) is 1. The number of benzene rings is 1. The van der Waals surface area contributed by atoms with Crippen molar-refractivity contribution in [1.82, 2.24) is 5.32 Å². The molecule has 0 amide bonds. The highest BCUT2D eigenvalue weighted by molar-refractivity contribution is 6.32. The van der Waals surface area contributed by atoms with Gasteiger partial charge in [0.25, 0.3) is 0 Å². The fraction of sp³-hybridized carbons (Fsp3) is 0.600. The van der Waals surface area contributed by atoms with E-state index in [1.165, 1.54) is 5.56 Å².